The van der Waals surface area contributed by atoms with Gasteiger partial charge in [0.05, 0.1) is 50.5 Å². The molecule has 3 fully saturated rings. The second-order valence-corrected chi connectivity index (χ2v) is 6.82. The summed E-state index contributed by atoms with van der Waals surface area (Å²) in [5.74, 6) is -1.79. The molecule has 0 aromatic heterocycles. The minimum Gasteiger partial charge on any atom is -0.465 e. The van der Waals surface area contributed by atoms with Crippen LogP contribution in [0.1, 0.15) is 32.1 Å². The summed E-state index contributed by atoms with van der Waals surface area (Å²) in [6.07, 6.45) is 3.94. The zero-order valence-electron chi connectivity index (χ0n) is 13.7. The Bertz CT molecular complexity index is 432. The van der Waals surface area contributed by atoms with Crippen LogP contribution in [0.4, 0.5) is 0 Å². The molecule has 1 aliphatic carbocycles. The van der Waals surface area contributed by atoms with Gasteiger partial charge in [0.25, 0.3) is 0 Å². The first-order valence-corrected chi connectivity index (χ1v) is 8.67. The van der Waals surface area contributed by atoms with Crippen LogP contribution < -0.4 is 0 Å². The molecule has 3 rings (SSSR count). The van der Waals surface area contributed by atoms with Crippen molar-refractivity contribution in [2.75, 3.05) is 26.4 Å². The summed E-state index contributed by atoms with van der Waals surface area (Å²) < 4.78 is 20.7. The van der Waals surface area contributed by atoms with Crippen molar-refractivity contribution in [2.45, 2.75) is 44.3 Å². The highest BCUT2D eigenvalue weighted by Crippen LogP contribution is 2.34. The maximum Gasteiger partial charge on any atom is 0.308 e. The lowest BCUT2D eigenvalue weighted by Crippen LogP contribution is -2.34. The van der Waals surface area contributed by atoms with Crippen molar-refractivity contribution in [1.82, 2.24) is 0 Å². The molecular formula is C17H24O7. The van der Waals surface area contributed by atoms with Gasteiger partial charge < -0.3 is 23.7 Å². The molecule has 3 aliphatic rings. The van der Waals surface area contributed by atoms with Crippen LogP contribution in [0.25, 0.3) is 0 Å². The summed E-state index contributed by atoms with van der Waals surface area (Å²) in [7, 11) is 0. The smallest absolute Gasteiger partial charge is 0.308 e. The van der Waals surface area contributed by atoms with Crippen LogP contribution in [0.15, 0.2) is 0 Å². The largest absolute Gasteiger partial charge is 0.465 e. The fraction of sp³-hybridized carbons (Fsp3) is 0.824. The Morgan fingerprint density at radius 2 is 1.33 bits per heavy atom. The standard InChI is InChI=1S/C17H24O7/c18-8-11-5-12(16(19)21-3-1-14-9-23-14)7-13(6-11)17(20)22-4-2-15-10-24-15/h8,11-15H,1-7,9-10H2. The number of hydrogen-bond acceptors (Lipinski definition) is 7. The third-order valence-electron chi connectivity index (χ3n) is 4.78. The van der Waals surface area contributed by atoms with Crippen LogP contribution >= 0.6 is 0 Å². The lowest BCUT2D eigenvalue weighted by atomic mass is 9.75. The van der Waals surface area contributed by atoms with Gasteiger partial charge in [-0.15, -0.1) is 0 Å². The third-order valence-corrected chi connectivity index (χ3v) is 4.78. The number of esters is 2. The Hall–Kier alpha value is -1.47. The van der Waals surface area contributed by atoms with Gasteiger partial charge in [0.2, 0.25) is 0 Å². The molecule has 0 radical (unpaired) electrons. The average molecular weight is 340 g/mol. The minimum absolute atomic E-state index is 0.213. The highest BCUT2D eigenvalue weighted by molar-refractivity contribution is 5.77. The predicted molar refractivity (Wildman–Crippen MR) is 81.0 cm³/mol. The molecule has 24 heavy (non-hydrogen) atoms. The number of rotatable bonds is 9. The number of carbonyl (C=O) groups excluding carboxylic acids is 3. The van der Waals surface area contributed by atoms with Gasteiger partial charge >= 0.3 is 11.9 Å². The Kier molecular flexibility index (Phi) is 5.84. The van der Waals surface area contributed by atoms with Crippen molar-refractivity contribution < 1.29 is 33.3 Å². The van der Waals surface area contributed by atoms with E-state index in [2.05, 4.69) is 0 Å². The molecule has 0 amide bonds. The Labute approximate surface area is 140 Å². The van der Waals surface area contributed by atoms with Gasteiger partial charge in [0.15, 0.2) is 0 Å². The maximum atomic E-state index is 12.2. The van der Waals surface area contributed by atoms with E-state index in [1.165, 1.54) is 0 Å². The fourth-order valence-corrected chi connectivity index (χ4v) is 3.15. The average Bonchev–Trinajstić information content (AvgIpc) is 3.49. The third kappa shape index (κ3) is 5.27. The van der Waals surface area contributed by atoms with Gasteiger partial charge in [-0.1, -0.05) is 0 Å². The van der Waals surface area contributed by atoms with Crippen LogP contribution in [0.3, 0.4) is 0 Å². The summed E-state index contributed by atoms with van der Waals surface area (Å²) in [6, 6.07) is 0. The van der Waals surface area contributed by atoms with E-state index in [-0.39, 0.29) is 30.1 Å². The molecule has 0 aromatic carbocycles. The zero-order chi connectivity index (χ0) is 16.9. The Morgan fingerprint density at radius 3 is 1.71 bits per heavy atom. The van der Waals surface area contributed by atoms with Crippen molar-refractivity contribution in [3.05, 3.63) is 0 Å². The van der Waals surface area contributed by atoms with Crippen LogP contribution in [-0.4, -0.2) is 56.9 Å². The van der Waals surface area contributed by atoms with Gasteiger partial charge in [-0.2, -0.15) is 0 Å². The Morgan fingerprint density at radius 1 is 0.875 bits per heavy atom. The van der Waals surface area contributed by atoms with E-state index in [1.807, 2.05) is 0 Å². The van der Waals surface area contributed by atoms with E-state index >= 15 is 0 Å². The molecule has 2 heterocycles. The topological polar surface area (TPSA) is 94.7 Å². The molecule has 7 heteroatoms. The van der Waals surface area contributed by atoms with Gasteiger partial charge in [0, 0.05) is 18.8 Å². The number of carbonyl (C=O) groups is 3. The number of ether oxygens (including phenoxy) is 4. The number of epoxide rings is 2. The zero-order valence-corrected chi connectivity index (χ0v) is 13.7. The summed E-state index contributed by atoms with van der Waals surface area (Å²) in [4.78, 5) is 35.6. The molecule has 2 saturated heterocycles. The van der Waals surface area contributed by atoms with Crippen LogP contribution in [0.2, 0.25) is 0 Å². The highest BCUT2D eigenvalue weighted by atomic mass is 16.6. The molecule has 0 spiro atoms. The first-order valence-electron chi connectivity index (χ1n) is 8.67. The maximum absolute atomic E-state index is 12.2. The van der Waals surface area contributed by atoms with E-state index in [4.69, 9.17) is 18.9 Å². The van der Waals surface area contributed by atoms with Crippen molar-refractivity contribution in [3.8, 4) is 0 Å². The molecular weight excluding hydrogens is 316 g/mol. The van der Waals surface area contributed by atoms with Gasteiger partial charge in [-0.3, -0.25) is 9.59 Å². The normalized spacial score (nSPS) is 34.2. The van der Waals surface area contributed by atoms with Crippen LogP contribution in [0, 0.1) is 17.8 Å². The molecule has 4 unspecified atom stereocenters. The van der Waals surface area contributed by atoms with E-state index in [1.54, 1.807) is 0 Å². The first kappa shape index (κ1) is 17.4. The minimum atomic E-state index is -0.418. The van der Waals surface area contributed by atoms with E-state index < -0.39 is 11.8 Å². The SMILES string of the molecule is O=CC1CC(C(=O)OCCC2CO2)CC(C(=O)OCCC2CO2)C1. The van der Waals surface area contributed by atoms with Crippen molar-refractivity contribution in [1.29, 1.82) is 0 Å². The molecule has 0 N–H and O–H groups in total. The van der Waals surface area contributed by atoms with Crippen LogP contribution in [-0.2, 0) is 33.3 Å². The molecule has 2 aliphatic heterocycles. The van der Waals surface area contributed by atoms with Gasteiger partial charge in [-0.25, -0.2) is 0 Å². The van der Waals surface area contributed by atoms with E-state index in [9.17, 15) is 14.4 Å². The summed E-state index contributed by atoms with van der Waals surface area (Å²) >= 11 is 0. The monoisotopic (exact) mass is 340 g/mol. The van der Waals surface area contributed by atoms with Crippen molar-refractivity contribution in [3.63, 3.8) is 0 Å². The molecule has 4 atom stereocenters. The molecule has 0 aromatic rings. The Balaban J connectivity index is 1.45. The highest BCUT2D eigenvalue weighted by Gasteiger charge is 2.38. The lowest BCUT2D eigenvalue weighted by molar-refractivity contribution is -0.156. The summed E-state index contributed by atoms with van der Waals surface area (Å²) in [5, 5.41) is 0. The second kappa shape index (κ2) is 8.07. The lowest BCUT2D eigenvalue weighted by Gasteiger charge is -2.30. The summed E-state index contributed by atoms with van der Waals surface area (Å²) in [6.45, 7) is 2.10. The predicted octanol–water partition coefficient (Wildman–Crippen LogP) is 0.882. The fourth-order valence-electron chi connectivity index (χ4n) is 3.15. The number of aldehydes is 1. The van der Waals surface area contributed by atoms with Crippen molar-refractivity contribution >= 4 is 18.2 Å². The molecule has 0 bridgehead atoms. The van der Waals surface area contributed by atoms with E-state index in [0.717, 1.165) is 19.5 Å². The van der Waals surface area contributed by atoms with Crippen LogP contribution in [0.5, 0.6) is 0 Å². The molecule has 1 saturated carbocycles. The number of hydrogen-bond donors (Lipinski definition) is 0. The second-order valence-electron chi connectivity index (χ2n) is 6.82. The summed E-state index contributed by atoms with van der Waals surface area (Å²) in [5.41, 5.74) is 0. The first-order chi connectivity index (χ1) is 11.7. The van der Waals surface area contributed by atoms with Gasteiger partial charge in [0.1, 0.15) is 6.29 Å². The van der Waals surface area contributed by atoms with Gasteiger partial charge in [-0.05, 0) is 19.3 Å². The van der Waals surface area contributed by atoms with E-state index in [0.29, 0.717) is 45.3 Å². The quantitative estimate of drug-likeness (QED) is 0.349. The molecule has 134 valence electrons. The van der Waals surface area contributed by atoms with Crippen molar-refractivity contribution in [2.24, 2.45) is 17.8 Å². The molecule has 7 nitrogen and oxygen atoms in total.